The number of rotatable bonds is 3. The van der Waals surface area contributed by atoms with E-state index in [1.807, 2.05) is 24.3 Å². The summed E-state index contributed by atoms with van der Waals surface area (Å²) in [5, 5.41) is 13.2. The van der Waals surface area contributed by atoms with Crippen LogP contribution < -0.4 is 5.32 Å². The van der Waals surface area contributed by atoms with Crippen molar-refractivity contribution >= 4 is 17.5 Å². The number of amides is 2. The van der Waals surface area contributed by atoms with Crippen molar-refractivity contribution in [1.29, 1.82) is 0 Å². The van der Waals surface area contributed by atoms with Crippen molar-refractivity contribution in [1.82, 2.24) is 4.90 Å². The summed E-state index contributed by atoms with van der Waals surface area (Å²) in [7, 11) is 0. The second kappa shape index (κ2) is 7.46. The maximum atomic E-state index is 13.8. The largest absolute Gasteiger partial charge is 0.506 e. The van der Waals surface area contributed by atoms with Gasteiger partial charge in [-0.25, -0.2) is 0 Å². The molecule has 1 spiro atoms. The number of fused-ring (bicyclic) bond motifs is 1. The zero-order valence-corrected chi connectivity index (χ0v) is 17.1. The molecule has 2 aromatic carbocycles. The molecule has 30 heavy (non-hydrogen) atoms. The molecule has 2 N–H and O–H groups in total. The third-order valence-corrected chi connectivity index (χ3v) is 7.32. The Labute approximate surface area is 177 Å². The standard InChI is InChI=1S/C25H28N2O3/c28-21-14-6-5-13-20(21)26-23(29)22-18-11-3-4-12-19(18)24(30)27(17-9-1-2-10-17)25(22)15-7-8-16-25/h3-6,11-14,17,22,28H,1-2,7-10,15-16H2,(H,26,29)/t22-/m0/s1. The fourth-order valence-electron chi connectivity index (χ4n) is 6.08. The lowest BCUT2D eigenvalue weighted by Gasteiger charge is -2.52. The quantitative estimate of drug-likeness (QED) is 0.720. The van der Waals surface area contributed by atoms with E-state index in [4.69, 9.17) is 0 Å². The normalized spacial score (nSPS) is 23.0. The zero-order chi connectivity index (χ0) is 20.7. The first kappa shape index (κ1) is 19.2. The van der Waals surface area contributed by atoms with Gasteiger partial charge in [0, 0.05) is 11.6 Å². The van der Waals surface area contributed by atoms with Crippen molar-refractivity contribution in [3.8, 4) is 5.75 Å². The van der Waals surface area contributed by atoms with E-state index in [1.165, 1.54) is 0 Å². The Balaban J connectivity index is 1.62. The fourth-order valence-corrected chi connectivity index (χ4v) is 6.08. The number of nitrogens with one attached hydrogen (secondary N) is 1. The minimum absolute atomic E-state index is 0.0548. The summed E-state index contributed by atoms with van der Waals surface area (Å²) in [6, 6.07) is 14.6. The molecular formula is C25H28N2O3. The fraction of sp³-hybridized carbons (Fsp3) is 0.440. The predicted octanol–water partition coefficient (Wildman–Crippen LogP) is 4.83. The molecule has 0 saturated heterocycles. The third kappa shape index (κ3) is 2.91. The van der Waals surface area contributed by atoms with Gasteiger partial charge < -0.3 is 15.3 Å². The Hall–Kier alpha value is -2.82. The lowest BCUT2D eigenvalue weighted by Crippen LogP contribution is -2.62. The molecule has 2 aromatic rings. The van der Waals surface area contributed by atoms with Crippen LogP contribution in [0.5, 0.6) is 5.75 Å². The Morgan fingerprint density at radius 2 is 1.63 bits per heavy atom. The van der Waals surface area contributed by atoms with E-state index in [2.05, 4.69) is 10.2 Å². The van der Waals surface area contributed by atoms with Crippen molar-refractivity contribution < 1.29 is 14.7 Å². The van der Waals surface area contributed by atoms with Gasteiger partial charge in [0.2, 0.25) is 5.91 Å². The summed E-state index contributed by atoms with van der Waals surface area (Å²) in [5.41, 5.74) is 1.41. The summed E-state index contributed by atoms with van der Waals surface area (Å²) < 4.78 is 0. The summed E-state index contributed by atoms with van der Waals surface area (Å²) in [6.45, 7) is 0. The number of phenolic OH excluding ortho intramolecular Hbond substituents is 1. The molecule has 5 nitrogen and oxygen atoms in total. The molecule has 156 valence electrons. The van der Waals surface area contributed by atoms with Crippen LogP contribution >= 0.6 is 0 Å². The van der Waals surface area contributed by atoms with E-state index >= 15 is 0 Å². The monoisotopic (exact) mass is 404 g/mol. The molecule has 5 heteroatoms. The van der Waals surface area contributed by atoms with E-state index in [1.54, 1.807) is 24.3 Å². The van der Waals surface area contributed by atoms with Gasteiger partial charge in [-0.2, -0.15) is 0 Å². The van der Waals surface area contributed by atoms with Crippen LogP contribution in [0.15, 0.2) is 48.5 Å². The van der Waals surface area contributed by atoms with Crippen LogP contribution in [0.2, 0.25) is 0 Å². The number of nitrogens with zero attached hydrogens (tertiary/aromatic N) is 1. The Morgan fingerprint density at radius 1 is 0.967 bits per heavy atom. The Kier molecular flexibility index (Phi) is 4.76. The molecule has 0 unspecified atom stereocenters. The molecule has 1 heterocycles. The molecule has 2 fully saturated rings. The third-order valence-electron chi connectivity index (χ3n) is 7.32. The lowest BCUT2D eigenvalue weighted by molar-refractivity contribution is -0.121. The average Bonchev–Trinajstić information content (AvgIpc) is 3.43. The van der Waals surface area contributed by atoms with E-state index in [-0.39, 0.29) is 23.6 Å². The van der Waals surface area contributed by atoms with Gasteiger partial charge in [-0.3, -0.25) is 9.59 Å². The van der Waals surface area contributed by atoms with E-state index in [0.29, 0.717) is 11.3 Å². The molecule has 2 amide bonds. The predicted molar refractivity (Wildman–Crippen MR) is 116 cm³/mol. The first-order valence-corrected chi connectivity index (χ1v) is 11.1. The topological polar surface area (TPSA) is 69.6 Å². The summed E-state index contributed by atoms with van der Waals surface area (Å²) in [6.07, 6.45) is 8.07. The van der Waals surface area contributed by atoms with Crippen molar-refractivity contribution in [2.24, 2.45) is 0 Å². The zero-order valence-electron chi connectivity index (χ0n) is 17.1. The number of phenols is 1. The van der Waals surface area contributed by atoms with Gasteiger partial charge in [-0.1, -0.05) is 56.0 Å². The van der Waals surface area contributed by atoms with Crippen molar-refractivity contribution in [2.75, 3.05) is 5.32 Å². The number of para-hydroxylation sites is 2. The number of benzene rings is 2. The smallest absolute Gasteiger partial charge is 0.254 e. The number of hydrogen-bond acceptors (Lipinski definition) is 3. The highest BCUT2D eigenvalue weighted by molar-refractivity contribution is 6.05. The number of anilines is 1. The summed E-state index contributed by atoms with van der Waals surface area (Å²) >= 11 is 0. The highest BCUT2D eigenvalue weighted by atomic mass is 16.3. The minimum atomic E-state index is -0.477. The number of carbonyl (C=O) groups excluding carboxylic acids is 2. The van der Waals surface area contributed by atoms with Crippen LogP contribution in [0.4, 0.5) is 5.69 Å². The van der Waals surface area contributed by atoms with Gasteiger partial charge in [0.05, 0.1) is 17.1 Å². The van der Waals surface area contributed by atoms with Crippen LogP contribution in [-0.4, -0.2) is 33.4 Å². The van der Waals surface area contributed by atoms with Gasteiger partial charge in [0.25, 0.3) is 5.91 Å². The van der Waals surface area contributed by atoms with Crippen LogP contribution in [0, 0.1) is 0 Å². The highest BCUT2D eigenvalue weighted by Gasteiger charge is 2.57. The van der Waals surface area contributed by atoms with Crippen LogP contribution in [0.3, 0.4) is 0 Å². The first-order chi connectivity index (χ1) is 14.6. The van der Waals surface area contributed by atoms with Gasteiger partial charge in [-0.05, 0) is 49.4 Å². The van der Waals surface area contributed by atoms with E-state index in [0.717, 1.165) is 56.9 Å². The van der Waals surface area contributed by atoms with Crippen molar-refractivity contribution in [3.05, 3.63) is 59.7 Å². The molecule has 2 saturated carbocycles. The summed E-state index contributed by atoms with van der Waals surface area (Å²) in [4.78, 5) is 29.6. The second-order valence-corrected chi connectivity index (χ2v) is 8.95. The molecule has 0 bridgehead atoms. The Morgan fingerprint density at radius 3 is 2.37 bits per heavy atom. The average molecular weight is 405 g/mol. The molecule has 2 aliphatic carbocycles. The van der Waals surface area contributed by atoms with Crippen LogP contribution in [0.1, 0.15) is 73.2 Å². The molecule has 3 aliphatic rings. The maximum Gasteiger partial charge on any atom is 0.254 e. The minimum Gasteiger partial charge on any atom is -0.506 e. The van der Waals surface area contributed by atoms with Crippen LogP contribution in [0.25, 0.3) is 0 Å². The number of aromatic hydroxyl groups is 1. The van der Waals surface area contributed by atoms with Gasteiger partial charge >= 0.3 is 0 Å². The van der Waals surface area contributed by atoms with E-state index in [9.17, 15) is 14.7 Å². The molecular weight excluding hydrogens is 376 g/mol. The molecule has 0 radical (unpaired) electrons. The maximum absolute atomic E-state index is 13.8. The molecule has 1 aliphatic heterocycles. The molecule has 0 aromatic heterocycles. The number of hydrogen-bond donors (Lipinski definition) is 2. The lowest BCUT2D eigenvalue weighted by atomic mass is 9.70. The highest BCUT2D eigenvalue weighted by Crippen LogP contribution is 2.52. The van der Waals surface area contributed by atoms with Gasteiger partial charge in [0.1, 0.15) is 5.75 Å². The SMILES string of the molecule is O=C(Nc1ccccc1O)[C@@H]1c2ccccc2C(=O)N(C2CCCC2)C12CCCC2. The first-order valence-electron chi connectivity index (χ1n) is 11.1. The van der Waals surface area contributed by atoms with Gasteiger partial charge in [-0.15, -0.1) is 0 Å². The van der Waals surface area contributed by atoms with Gasteiger partial charge in [0.15, 0.2) is 0 Å². The van der Waals surface area contributed by atoms with E-state index < -0.39 is 11.5 Å². The Bertz CT molecular complexity index is 974. The summed E-state index contributed by atoms with van der Waals surface area (Å²) in [5.74, 6) is -0.430. The molecule has 5 rings (SSSR count). The number of carbonyl (C=O) groups is 2. The van der Waals surface area contributed by atoms with Crippen LogP contribution in [-0.2, 0) is 4.79 Å². The second-order valence-electron chi connectivity index (χ2n) is 8.95. The molecule has 1 atom stereocenters. The van der Waals surface area contributed by atoms with Crippen molar-refractivity contribution in [3.63, 3.8) is 0 Å². The van der Waals surface area contributed by atoms with Crippen molar-refractivity contribution in [2.45, 2.75) is 68.9 Å².